The first-order valence-electron chi connectivity index (χ1n) is 14.1. The number of anilines is 2. The van der Waals surface area contributed by atoms with E-state index < -0.39 is 0 Å². The molecule has 0 unspecified atom stereocenters. The first-order chi connectivity index (χ1) is 20.5. The summed E-state index contributed by atoms with van der Waals surface area (Å²) in [5.41, 5.74) is 3.42. The first kappa shape index (κ1) is 29.1. The van der Waals surface area contributed by atoms with Crippen LogP contribution in [0.15, 0.2) is 60.5 Å². The molecule has 1 N–H and O–H groups in total. The lowest BCUT2D eigenvalue weighted by Crippen LogP contribution is -2.46. The van der Waals surface area contributed by atoms with Crippen molar-refractivity contribution in [3.63, 3.8) is 0 Å². The quantitative estimate of drug-likeness (QED) is 0.258. The van der Waals surface area contributed by atoms with Crippen molar-refractivity contribution in [2.24, 2.45) is 0 Å². The molecule has 0 bridgehead atoms. The monoisotopic (exact) mass is 585 g/mol. The number of amides is 2. The molecular formula is C31H35N7O3S. The Hall–Kier alpha value is -4.38. The minimum atomic E-state index is -0.0836. The molecule has 3 aromatic heterocycles. The molecule has 0 spiro atoms. The zero-order valence-electron chi connectivity index (χ0n) is 24.1. The second kappa shape index (κ2) is 13.5. The summed E-state index contributed by atoms with van der Waals surface area (Å²) >= 11 is 1.50. The Labute approximate surface area is 249 Å². The molecule has 5 rings (SSSR count). The summed E-state index contributed by atoms with van der Waals surface area (Å²) in [5.74, 6) is 1.14. The van der Waals surface area contributed by atoms with Gasteiger partial charge in [-0.1, -0.05) is 19.4 Å². The zero-order valence-corrected chi connectivity index (χ0v) is 24.9. The van der Waals surface area contributed by atoms with Crippen LogP contribution < -0.4 is 15.0 Å². The topological polar surface area (TPSA) is 113 Å². The van der Waals surface area contributed by atoms with Gasteiger partial charge in [-0.2, -0.15) is 0 Å². The second-order valence-electron chi connectivity index (χ2n) is 10.2. The van der Waals surface area contributed by atoms with Crippen LogP contribution in [-0.4, -0.2) is 69.9 Å². The largest absolute Gasteiger partial charge is 0.496 e. The molecule has 1 aromatic carbocycles. The highest BCUT2D eigenvalue weighted by atomic mass is 32.1. The van der Waals surface area contributed by atoms with Gasteiger partial charge in [0.2, 0.25) is 11.9 Å². The molecule has 4 heterocycles. The van der Waals surface area contributed by atoms with Gasteiger partial charge >= 0.3 is 0 Å². The summed E-state index contributed by atoms with van der Waals surface area (Å²) in [4.78, 5) is 48.4. The van der Waals surface area contributed by atoms with Gasteiger partial charge in [0, 0.05) is 55.9 Å². The van der Waals surface area contributed by atoms with Crippen molar-refractivity contribution in [1.82, 2.24) is 24.8 Å². The summed E-state index contributed by atoms with van der Waals surface area (Å²) < 4.78 is 5.67. The van der Waals surface area contributed by atoms with E-state index >= 15 is 0 Å². The number of methoxy groups -OCH3 is 1. The summed E-state index contributed by atoms with van der Waals surface area (Å²) in [5, 5.41) is 4.86. The molecule has 0 saturated carbocycles. The number of aromatic nitrogens is 4. The van der Waals surface area contributed by atoms with E-state index in [4.69, 9.17) is 9.72 Å². The lowest BCUT2D eigenvalue weighted by atomic mass is 10.0. The van der Waals surface area contributed by atoms with Crippen molar-refractivity contribution in [3.8, 4) is 27.6 Å². The summed E-state index contributed by atoms with van der Waals surface area (Å²) in [7, 11) is 3.42. The molecule has 2 amide bonds. The number of rotatable bonds is 10. The number of nitrogens with one attached hydrogen (secondary N) is 1. The summed E-state index contributed by atoms with van der Waals surface area (Å²) in [6.45, 7) is 3.64. The first-order valence-corrected chi connectivity index (χ1v) is 15.0. The number of benzene rings is 1. The Balaban J connectivity index is 1.27. The molecule has 42 heavy (non-hydrogen) atoms. The maximum Gasteiger partial charge on any atom is 0.257 e. The highest BCUT2D eigenvalue weighted by Crippen LogP contribution is 2.32. The number of unbranched alkanes of at least 4 members (excludes halogenated alkanes) is 1. The molecule has 218 valence electrons. The highest BCUT2D eigenvalue weighted by molar-refractivity contribution is 7.14. The predicted octanol–water partition coefficient (Wildman–Crippen LogP) is 5.54. The highest BCUT2D eigenvalue weighted by Gasteiger charge is 2.28. The lowest BCUT2D eigenvalue weighted by molar-refractivity contribution is -0.116. The number of hydrogen-bond acceptors (Lipinski definition) is 9. The molecule has 1 fully saturated rings. The third-order valence-electron chi connectivity index (χ3n) is 7.42. The van der Waals surface area contributed by atoms with Gasteiger partial charge in [0.25, 0.3) is 5.91 Å². The van der Waals surface area contributed by atoms with Crippen molar-refractivity contribution >= 4 is 34.8 Å². The van der Waals surface area contributed by atoms with E-state index in [1.54, 1.807) is 38.0 Å². The van der Waals surface area contributed by atoms with E-state index in [-0.39, 0.29) is 17.9 Å². The molecular weight excluding hydrogens is 550 g/mol. The van der Waals surface area contributed by atoms with Gasteiger partial charge in [0.15, 0.2) is 0 Å². The molecule has 1 saturated heterocycles. The molecule has 1 aliphatic heterocycles. The lowest BCUT2D eigenvalue weighted by Gasteiger charge is -2.36. The van der Waals surface area contributed by atoms with E-state index in [1.165, 1.54) is 11.3 Å². The van der Waals surface area contributed by atoms with Crippen molar-refractivity contribution < 1.29 is 14.3 Å². The van der Waals surface area contributed by atoms with Gasteiger partial charge in [-0.15, -0.1) is 11.3 Å². The fraction of sp³-hybridized carbons (Fsp3) is 0.355. The fourth-order valence-corrected chi connectivity index (χ4v) is 5.81. The molecule has 10 nitrogen and oxygen atoms in total. The number of thiophene rings is 1. The Bertz CT molecular complexity index is 1520. The van der Waals surface area contributed by atoms with Crippen molar-refractivity contribution in [2.45, 2.75) is 45.1 Å². The Morgan fingerprint density at radius 2 is 1.88 bits per heavy atom. The van der Waals surface area contributed by atoms with E-state index in [0.29, 0.717) is 29.1 Å². The van der Waals surface area contributed by atoms with Gasteiger partial charge in [-0.05, 0) is 43.5 Å². The third kappa shape index (κ3) is 6.73. The Morgan fingerprint density at radius 3 is 2.62 bits per heavy atom. The van der Waals surface area contributed by atoms with Crippen LogP contribution in [0.5, 0.6) is 5.75 Å². The normalized spacial score (nSPS) is 13.5. The van der Waals surface area contributed by atoms with Crippen LogP contribution in [0.3, 0.4) is 0 Å². The average molecular weight is 586 g/mol. The van der Waals surface area contributed by atoms with Gasteiger partial charge in [-0.3, -0.25) is 14.6 Å². The maximum absolute atomic E-state index is 13.6. The predicted molar refractivity (Wildman–Crippen MR) is 165 cm³/mol. The van der Waals surface area contributed by atoms with E-state index in [1.807, 2.05) is 41.6 Å². The van der Waals surface area contributed by atoms with Crippen LogP contribution in [-0.2, 0) is 4.79 Å². The number of carbonyl (C=O) groups excluding carboxylic acids is 2. The van der Waals surface area contributed by atoms with Gasteiger partial charge < -0.3 is 19.9 Å². The van der Waals surface area contributed by atoms with E-state index in [9.17, 15) is 9.59 Å². The van der Waals surface area contributed by atoms with Crippen LogP contribution in [0.25, 0.3) is 21.8 Å². The number of ether oxygens (including phenoxy) is 1. The fourth-order valence-electron chi connectivity index (χ4n) is 5.01. The van der Waals surface area contributed by atoms with Crippen molar-refractivity contribution in [3.05, 3.63) is 66.1 Å². The number of carbonyl (C=O) groups is 2. The Kier molecular flexibility index (Phi) is 9.38. The van der Waals surface area contributed by atoms with Crippen LogP contribution >= 0.6 is 11.3 Å². The van der Waals surface area contributed by atoms with Gasteiger partial charge in [0.1, 0.15) is 5.75 Å². The molecule has 0 radical (unpaired) electrons. The summed E-state index contributed by atoms with van der Waals surface area (Å²) in [6.07, 6.45) is 10.9. The van der Waals surface area contributed by atoms with Crippen LogP contribution in [0.1, 0.15) is 49.4 Å². The standard InChI is InChI=1S/C31H35N7O3S/c1-4-5-7-29(39)35-22-17-28(42-20-22)26-19-32-18-25(36-26)21-8-9-24(27(16-21)41-3)30(40)37(2)23-10-14-38(15-11-23)31-33-12-6-13-34-31/h6,8-9,12-13,16-20,23H,4-5,7,10-11,14-15H2,1-3H3,(H,35,39). The number of hydrogen-bond donors (Lipinski definition) is 1. The summed E-state index contributed by atoms with van der Waals surface area (Å²) in [6, 6.07) is 9.33. The van der Waals surface area contributed by atoms with Crippen LogP contribution in [0.4, 0.5) is 11.6 Å². The van der Waals surface area contributed by atoms with Crippen LogP contribution in [0.2, 0.25) is 0 Å². The molecule has 11 heteroatoms. The minimum absolute atomic E-state index is 0.0145. The molecule has 0 aliphatic carbocycles. The molecule has 4 aromatic rings. The SMILES string of the molecule is CCCCC(=O)Nc1csc(-c2cncc(-c3ccc(C(=O)N(C)C4CCN(c5ncccn5)CC4)c(OC)c3)n2)c1. The smallest absolute Gasteiger partial charge is 0.257 e. The van der Waals surface area contributed by atoms with Gasteiger partial charge in [0.05, 0.1) is 47.0 Å². The van der Waals surface area contributed by atoms with Crippen LogP contribution in [0, 0.1) is 0 Å². The third-order valence-corrected chi connectivity index (χ3v) is 8.38. The van der Waals surface area contributed by atoms with Crippen molar-refractivity contribution in [2.75, 3.05) is 37.5 Å². The average Bonchev–Trinajstić information content (AvgIpc) is 3.51. The zero-order chi connectivity index (χ0) is 29.5. The minimum Gasteiger partial charge on any atom is -0.496 e. The van der Waals surface area contributed by atoms with Crippen molar-refractivity contribution in [1.29, 1.82) is 0 Å². The van der Waals surface area contributed by atoms with E-state index in [0.717, 1.165) is 60.8 Å². The molecule has 1 aliphatic rings. The second-order valence-corrected chi connectivity index (χ2v) is 11.2. The van der Waals surface area contributed by atoms with Gasteiger partial charge in [-0.25, -0.2) is 15.0 Å². The number of nitrogens with zero attached hydrogens (tertiary/aromatic N) is 6. The van der Waals surface area contributed by atoms with E-state index in [2.05, 4.69) is 32.1 Å². The molecule has 0 atom stereocenters. The maximum atomic E-state index is 13.6. The Morgan fingerprint density at radius 1 is 1.12 bits per heavy atom. The number of piperidine rings is 1.